The number of hydrogen-bond donors (Lipinski definition) is 1. The molecule has 1 aromatic rings. The van der Waals surface area contributed by atoms with Crippen molar-refractivity contribution in [1.82, 2.24) is 4.90 Å². The molecule has 0 aliphatic rings. The van der Waals surface area contributed by atoms with E-state index in [2.05, 4.69) is 49.9 Å². The zero-order valence-electron chi connectivity index (χ0n) is 11.7. The van der Waals surface area contributed by atoms with Crippen LogP contribution in [0.25, 0.3) is 0 Å². The number of aryl methyl sites for hydroxylation is 1. The number of benzene rings is 1. The van der Waals surface area contributed by atoms with Gasteiger partial charge in [-0.1, -0.05) is 29.8 Å². The lowest BCUT2D eigenvalue weighted by Gasteiger charge is -2.32. The fraction of sp³-hybridized carbons (Fsp3) is 0.600. The highest BCUT2D eigenvalue weighted by atomic mass is 16.3. The van der Waals surface area contributed by atoms with Gasteiger partial charge in [-0.25, -0.2) is 0 Å². The molecule has 1 N–H and O–H groups in total. The van der Waals surface area contributed by atoms with E-state index in [9.17, 15) is 5.11 Å². The first-order valence-corrected chi connectivity index (χ1v) is 6.30. The summed E-state index contributed by atoms with van der Waals surface area (Å²) in [5.41, 5.74) is 1.95. The number of rotatable bonds is 5. The Bertz CT molecular complexity index is 352. The molecule has 0 atom stereocenters. The van der Waals surface area contributed by atoms with Crippen molar-refractivity contribution < 1.29 is 5.11 Å². The van der Waals surface area contributed by atoms with Gasteiger partial charge in [-0.15, -0.1) is 0 Å². The highest BCUT2D eigenvalue weighted by Gasteiger charge is 2.20. The van der Waals surface area contributed by atoms with Crippen LogP contribution >= 0.6 is 0 Å². The third-order valence-corrected chi connectivity index (χ3v) is 2.79. The van der Waals surface area contributed by atoms with E-state index in [-0.39, 0.29) is 0 Å². The summed E-state index contributed by atoms with van der Waals surface area (Å²) >= 11 is 0. The van der Waals surface area contributed by atoms with Crippen LogP contribution in [0.1, 0.15) is 38.8 Å². The molecule has 0 spiro atoms. The standard InChI is InChI=1S/C15H25NO/c1-12(2)16(11-15(4,5)17)10-14-8-6-7-13(3)9-14/h6-9,12,17H,10-11H2,1-5H3. The molecule has 0 bridgehead atoms. The number of hydrogen-bond acceptors (Lipinski definition) is 2. The summed E-state index contributed by atoms with van der Waals surface area (Å²) in [5.74, 6) is 0. The minimum atomic E-state index is -0.645. The molecular formula is C15H25NO. The summed E-state index contributed by atoms with van der Waals surface area (Å²) in [4.78, 5) is 2.30. The number of nitrogens with zero attached hydrogens (tertiary/aromatic N) is 1. The topological polar surface area (TPSA) is 23.5 Å². The summed E-state index contributed by atoms with van der Waals surface area (Å²) in [6.45, 7) is 11.8. The molecule has 0 heterocycles. The van der Waals surface area contributed by atoms with Gasteiger partial charge in [0.05, 0.1) is 5.60 Å². The summed E-state index contributed by atoms with van der Waals surface area (Å²) in [6.07, 6.45) is 0. The fourth-order valence-corrected chi connectivity index (χ4v) is 1.96. The van der Waals surface area contributed by atoms with E-state index in [4.69, 9.17) is 0 Å². The number of aliphatic hydroxyl groups is 1. The van der Waals surface area contributed by atoms with E-state index in [0.29, 0.717) is 12.6 Å². The van der Waals surface area contributed by atoms with Crippen molar-refractivity contribution in [3.63, 3.8) is 0 Å². The Kier molecular flexibility index (Phi) is 4.72. The van der Waals surface area contributed by atoms with Crippen LogP contribution in [0.2, 0.25) is 0 Å². The third kappa shape index (κ3) is 5.33. The first kappa shape index (κ1) is 14.2. The van der Waals surface area contributed by atoms with E-state index in [1.165, 1.54) is 11.1 Å². The van der Waals surface area contributed by atoms with Gasteiger partial charge in [0.1, 0.15) is 0 Å². The van der Waals surface area contributed by atoms with Crippen molar-refractivity contribution >= 4 is 0 Å². The quantitative estimate of drug-likeness (QED) is 0.848. The molecule has 1 rings (SSSR count). The van der Waals surface area contributed by atoms with E-state index < -0.39 is 5.60 Å². The fourth-order valence-electron chi connectivity index (χ4n) is 1.96. The molecule has 0 aromatic heterocycles. The lowest BCUT2D eigenvalue weighted by atomic mass is 10.1. The van der Waals surface area contributed by atoms with Crippen LogP contribution in [-0.4, -0.2) is 28.2 Å². The maximum atomic E-state index is 9.93. The van der Waals surface area contributed by atoms with Gasteiger partial charge >= 0.3 is 0 Å². The maximum absolute atomic E-state index is 9.93. The second-order valence-corrected chi connectivity index (χ2v) is 5.80. The molecule has 2 nitrogen and oxygen atoms in total. The molecule has 0 unspecified atom stereocenters. The Hall–Kier alpha value is -0.860. The van der Waals surface area contributed by atoms with Crippen molar-refractivity contribution in [1.29, 1.82) is 0 Å². The average molecular weight is 235 g/mol. The highest BCUT2D eigenvalue weighted by molar-refractivity contribution is 5.22. The predicted molar refractivity (Wildman–Crippen MR) is 73.0 cm³/mol. The Morgan fingerprint density at radius 3 is 2.41 bits per heavy atom. The second-order valence-electron chi connectivity index (χ2n) is 5.80. The van der Waals surface area contributed by atoms with Gasteiger partial charge in [-0.05, 0) is 40.2 Å². The molecule has 2 heteroatoms. The Morgan fingerprint density at radius 2 is 1.94 bits per heavy atom. The molecule has 1 aromatic carbocycles. The molecular weight excluding hydrogens is 210 g/mol. The smallest absolute Gasteiger partial charge is 0.0718 e. The van der Waals surface area contributed by atoms with Gasteiger partial charge in [0.2, 0.25) is 0 Å². The van der Waals surface area contributed by atoms with Crippen LogP contribution in [-0.2, 0) is 6.54 Å². The van der Waals surface area contributed by atoms with Crippen LogP contribution in [0.5, 0.6) is 0 Å². The van der Waals surface area contributed by atoms with Crippen LogP contribution < -0.4 is 0 Å². The van der Waals surface area contributed by atoms with Crippen LogP contribution in [0.3, 0.4) is 0 Å². The Morgan fingerprint density at radius 1 is 1.29 bits per heavy atom. The molecule has 17 heavy (non-hydrogen) atoms. The van der Waals surface area contributed by atoms with Gasteiger partial charge in [0.15, 0.2) is 0 Å². The lowest BCUT2D eigenvalue weighted by molar-refractivity contribution is 0.0225. The van der Waals surface area contributed by atoms with Gasteiger partial charge in [0.25, 0.3) is 0 Å². The first-order chi connectivity index (χ1) is 7.78. The zero-order valence-corrected chi connectivity index (χ0v) is 11.7. The molecule has 0 saturated heterocycles. The SMILES string of the molecule is Cc1cccc(CN(CC(C)(C)O)C(C)C)c1. The van der Waals surface area contributed by atoms with Gasteiger partial charge in [-0.3, -0.25) is 4.90 Å². The lowest BCUT2D eigenvalue weighted by Crippen LogP contribution is -2.41. The van der Waals surface area contributed by atoms with Crippen molar-refractivity contribution in [3.8, 4) is 0 Å². The van der Waals surface area contributed by atoms with Crippen molar-refractivity contribution in [3.05, 3.63) is 35.4 Å². The van der Waals surface area contributed by atoms with Gasteiger partial charge < -0.3 is 5.11 Å². The average Bonchev–Trinajstić information content (AvgIpc) is 2.14. The van der Waals surface area contributed by atoms with Gasteiger partial charge in [-0.2, -0.15) is 0 Å². The Labute approximate surface area is 105 Å². The molecule has 0 saturated carbocycles. The second kappa shape index (κ2) is 5.65. The van der Waals surface area contributed by atoms with E-state index in [0.717, 1.165) is 6.54 Å². The van der Waals surface area contributed by atoms with E-state index >= 15 is 0 Å². The maximum Gasteiger partial charge on any atom is 0.0718 e. The molecule has 0 fully saturated rings. The molecule has 0 aliphatic carbocycles. The predicted octanol–water partition coefficient (Wildman–Crippen LogP) is 2.98. The normalized spacial score (nSPS) is 12.5. The summed E-state index contributed by atoms with van der Waals surface area (Å²) < 4.78 is 0. The molecule has 0 amide bonds. The summed E-state index contributed by atoms with van der Waals surface area (Å²) in [5, 5.41) is 9.93. The monoisotopic (exact) mass is 235 g/mol. The minimum absolute atomic E-state index is 0.432. The van der Waals surface area contributed by atoms with Crippen LogP contribution in [0, 0.1) is 6.92 Å². The van der Waals surface area contributed by atoms with Crippen LogP contribution in [0.15, 0.2) is 24.3 Å². The van der Waals surface area contributed by atoms with Crippen LogP contribution in [0.4, 0.5) is 0 Å². The van der Waals surface area contributed by atoms with Crippen molar-refractivity contribution in [2.45, 2.75) is 52.8 Å². The first-order valence-electron chi connectivity index (χ1n) is 6.30. The minimum Gasteiger partial charge on any atom is -0.389 e. The zero-order chi connectivity index (χ0) is 13.1. The Balaban J connectivity index is 2.74. The molecule has 0 radical (unpaired) electrons. The molecule has 96 valence electrons. The highest BCUT2D eigenvalue weighted by Crippen LogP contribution is 2.14. The van der Waals surface area contributed by atoms with E-state index in [1.54, 1.807) is 0 Å². The summed E-state index contributed by atoms with van der Waals surface area (Å²) in [6, 6.07) is 8.99. The van der Waals surface area contributed by atoms with Crippen molar-refractivity contribution in [2.75, 3.05) is 6.54 Å². The van der Waals surface area contributed by atoms with Crippen molar-refractivity contribution in [2.24, 2.45) is 0 Å². The third-order valence-electron chi connectivity index (χ3n) is 2.79. The van der Waals surface area contributed by atoms with E-state index in [1.807, 2.05) is 13.8 Å². The largest absolute Gasteiger partial charge is 0.389 e. The van der Waals surface area contributed by atoms with Gasteiger partial charge in [0, 0.05) is 19.1 Å². The summed E-state index contributed by atoms with van der Waals surface area (Å²) in [7, 11) is 0. The molecule has 0 aliphatic heterocycles.